The number of hydrogen-bond donors (Lipinski definition) is 0. The van der Waals surface area contributed by atoms with Crippen molar-refractivity contribution in [3.05, 3.63) is 34.9 Å². The zero-order valence-corrected chi connectivity index (χ0v) is 15.5. The number of hydrogen-bond acceptors (Lipinski definition) is 5. The monoisotopic (exact) mass is 352 g/mol. The van der Waals surface area contributed by atoms with E-state index in [9.17, 15) is 0 Å². The van der Waals surface area contributed by atoms with Gasteiger partial charge in [-0.1, -0.05) is 18.5 Å². The van der Waals surface area contributed by atoms with Crippen molar-refractivity contribution in [3.8, 4) is 11.5 Å². The third-order valence-electron chi connectivity index (χ3n) is 3.53. The Morgan fingerprint density at radius 1 is 1.17 bits per heavy atom. The number of rotatable bonds is 9. The van der Waals surface area contributed by atoms with Crippen molar-refractivity contribution >= 4 is 11.6 Å². The number of nitrogens with zero attached hydrogens (tertiary/aromatic N) is 4. The van der Waals surface area contributed by atoms with Crippen LogP contribution in [0.3, 0.4) is 0 Å². The fraction of sp³-hybridized carbons (Fsp3) is 0.529. The molecular formula is C17H25ClN4O2. The Balaban J connectivity index is 2.13. The van der Waals surface area contributed by atoms with Crippen LogP contribution >= 0.6 is 11.6 Å². The second-order valence-electron chi connectivity index (χ2n) is 5.70. The Morgan fingerprint density at radius 3 is 2.54 bits per heavy atom. The minimum atomic E-state index is 0.582. The van der Waals surface area contributed by atoms with Crippen LogP contribution in [0.5, 0.6) is 11.5 Å². The highest BCUT2D eigenvalue weighted by Crippen LogP contribution is 2.34. The molecule has 1 aromatic carbocycles. The molecule has 0 aliphatic carbocycles. The van der Waals surface area contributed by atoms with Crippen molar-refractivity contribution in [1.29, 1.82) is 0 Å². The topological polar surface area (TPSA) is 52.4 Å². The molecule has 1 heterocycles. The number of ether oxygens (including phenoxy) is 2. The van der Waals surface area contributed by atoms with Crippen LogP contribution in [0.25, 0.3) is 0 Å². The summed E-state index contributed by atoms with van der Waals surface area (Å²) in [5.74, 6) is 2.34. The van der Waals surface area contributed by atoms with Gasteiger partial charge in [0.05, 0.1) is 19.8 Å². The second kappa shape index (κ2) is 8.89. The third kappa shape index (κ3) is 4.85. The van der Waals surface area contributed by atoms with E-state index in [-0.39, 0.29) is 0 Å². The molecule has 0 fully saturated rings. The Labute approximate surface area is 148 Å². The van der Waals surface area contributed by atoms with Crippen molar-refractivity contribution in [1.82, 2.24) is 19.7 Å². The van der Waals surface area contributed by atoms with E-state index in [2.05, 4.69) is 22.0 Å². The number of halogens is 1. The predicted molar refractivity (Wildman–Crippen MR) is 94.6 cm³/mol. The Kier molecular flexibility index (Phi) is 6.87. The van der Waals surface area contributed by atoms with Crippen LogP contribution in [-0.2, 0) is 20.1 Å². The summed E-state index contributed by atoms with van der Waals surface area (Å²) in [5, 5.41) is 8.69. The van der Waals surface area contributed by atoms with Crippen molar-refractivity contribution in [2.45, 2.75) is 33.4 Å². The fourth-order valence-electron chi connectivity index (χ4n) is 2.33. The molecule has 0 aliphatic rings. The maximum atomic E-state index is 6.44. The van der Waals surface area contributed by atoms with E-state index in [1.165, 1.54) is 0 Å². The van der Waals surface area contributed by atoms with Crippen LogP contribution in [0.15, 0.2) is 18.5 Å². The fourth-order valence-corrected chi connectivity index (χ4v) is 2.54. The molecule has 0 spiro atoms. The van der Waals surface area contributed by atoms with Crippen molar-refractivity contribution in [3.63, 3.8) is 0 Å². The standard InChI is InChI=1S/C17H25ClN4O2/c1-5-7-24-16-9-14(18)13(8-15(16)23-6-2)10-21(3)11-17-20-19-12-22(17)4/h8-9,12H,5-7,10-11H2,1-4H3. The highest BCUT2D eigenvalue weighted by atomic mass is 35.5. The first-order chi connectivity index (χ1) is 11.5. The highest BCUT2D eigenvalue weighted by molar-refractivity contribution is 6.31. The Bertz CT molecular complexity index is 660. The summed E-state index contributed by atoms with van der Waals surface area (Å²) in [6.07, 6.45) is 2.63. The van der Waals surface area contributed by atoms with Crippen LogP contribution in [0.4, 0.5) is 0 Å². The van der Waals surface area contributed by atoms with Gasteiger partial charge < -0.3 is 14.0 Å². The SMILES string of the molecule is CCCOc1cc(Cl)c(CN(C)Cc2nncn2C)cc1OCC. The normalized spacial score (nSPS) is 11.1. The third-order valence-corrected chi connectivity index (χ3v) is 3.88. The zero-order valence-electron chi connectivity index (χ0n) is 14.8. The molecule has 0 radical (unpaired) electrons. The molecule has 0 aliphatic heterocycles. The largest absolute Gasteiger partial charge is 0.490 e. The van der Waals surface area contributed by atoms with Gasteiger partial charge in [-0.2, -0.15) is 0 Å². The van der Waals surface area contributed by atoms with E-state index in [0.717, 1.165) is 23.6 Å². The second-order valence-corrected chi connectivity index (χ2v) is 6.11. The molecule has 0 saturated heterocycles. The van der Waals surface area contributed by atoms with Gasteiger partial charge in [-0.3, -0.25) is 4.90 Å². The molecule has 0 atom stereocenters. The van der Waals surface area contributed by atoms with E-state index in [1.54, 1.807) is 6.33 Å². The predicted octanol–water partition coefficient (Wildman–Crippen LogP) is 3.29. The number of benzene rings is 1. The van der Waals surface area contributed by atoms with Gasteiger partial charge >= 0.3 is 0 Å². The first kappa shape index (κ1) is 18.5. The molecule has 0 bridgehead atoms. The summed E-state index contributed by atoms with van der Waals surface area (Å²) in [4.78, 5) is 2.13. The summed E-state index contributed by atoms with van der Waals surface area (Å²) >= 11 is 6.44. The van der Waals surface area contributed by atoms with E-state index < -0.39 is 0 Å². The summed E-state index contributed by atoms with van der Waals surface area (Å²) < 4.78 is 13.4. The van der Waals surface area contributed by atoms with Gasteiger partial charge in [0, 0.05) is 24.7 Å². The maximum Gasteiger partial charge on any atom is 0.162 e. The molecule has 0 N–H and O–H groups in total. The van der Waals surface area contributed by atoms with Gasteiger partial charge in [0.1, 0.15) is 12.2 Å². The molecule has 24 heavy (non-hydrogen) atoms. The molecule has 0 amide bonds. The first-order valence-corrected chi connectivity index (χ1v) is 8.52. The summed E-state index contributed by atoms with van der Waals surface area (Å²) in [6, 6.07) is 3.80. The quantitative estimate of drug-likeness (QED) is 0.693. The lowest BCUT2D eigenvalue weighted by Gasteiger charge is -2.19. The van der Waals surface area contributed by atoms with Gasteiger partial charge in [-0.05, 0) is 32.0 Å². The molecule has 132 valence electrons. The molecule has 2 aromatic rings. The van der Waals surface area contributed by atoms with Gasteiger partial charge in [0.25, 0.3) is 0 Å². The van der Waals surface area contributed by atoms with Gasteiger partial charge in [-0.25, -0.2) is 0 Å². The minimum Gasteiger partial charge on any atom is -0.490 e. The Morgan fingerprint density at radius 2 is 1.92 bits per heavy atom. The van der Waals surface area contributed by atoms with Crippen LogP contribution in [-0.4, -0.2) is 39.9 Å². The van der Waals surface area contributed by atoms with Crippen molar-refractivity contribution in [2.75, 3.05) is 20.3 Å². The van der Waals surface area contributed by atoms with Gasteiger partial charge in [0.2, 0.25) is 0 Å². The maximum absolute atomic E-state index is 6.44. The molecule has 1 aromatic heterocycles. The lowest BCUT2D eigenvalue weighted by Crippen LogP contribution is -2.20. The molecule has 0 unspecified atom stereocenters. The number of aromatic nitrogens is 3. The average Bonchev–Trinajstić information content (AvgIpc) is 2.94. The minimum absolute atomic E-state index is 0.582. The summed E-state index contributed by atoms with van der Waals surface area (Å²) in [7, 11) is 3.95. The van der Waals surface area contributed by atoms with Gasteiger partial charge in [0.15, 0.2) is 11.5 Å². The average molecular weight is 353 g/mol. The van der Waals surface area contributed by atoms with E-state index >= 15 is 0 Å². The van der Waals surface area contributed by atoms with E-state index in [1.807, 2.05) is 37.7 Å². The summed E-state index contributed by atoms with van der Waals surface area (Å²) in [6.45, 7) is 6.61. The Hall–Kier alpha value is -1.79. The van der Waals surface area contributed by atoms with E-state index in [4.69, 9.17) is 21.1 Å². The lowest BCUT2D eigenvalue weighted by molar-refractivity contribution is 0.274. The highest BCUT2D eigenvalue weighted by Gasteiger charge is 2.14. The summed E-state index contributed by atoms with van der Waals surface area (Å²) in [5.41, 5.74) is 0.994. The first-order valence-electron chi connectivity index (χ1n) is 8.14. The van der Waals surface area contributed by atoms with Gasteiger partial charge in [-0.15, -0.1) is 10.2 Å². The van der Waals surface area contributed by atoms with Crippen molar-refractivity contribution < 1.29 is 9.47 Å². The molecular weight excluding hydrogens is 328 g/mol. The van der Waals surface area contributed by atoms with Crippen LogP contribution in [0.1, 0.15) is 31.7 Å². The molecule has 0 saturated carbocycles. The van der Waals surface area contributed by atoms with Crippen molar-refractivity contribution in [2.24, 2.45) is 7.05 Å². The zero-order chi connectivity index (χ0) is 17.5. The van der Waals surface area contributed by atoms with Crippen LogP contribution < -0.4 is 9.47 Å². The molecule has 2 rings (SSSR count). The smallest absolute Gasteiger partial charge is 0.162 e. The number of aryl methyl sites for hydroxylation is 1. The van der Waals surface area contributed by atoms with E-state index in [0.29, 0.717) is 37.1 Å². The van der Waals surface area contributed by atoms with Crippen LogP contribution in [0, 0.1) is 0 Å². The molecule has 6 nitrogen and oxygen atoms in total. The lowest BCUT2D eigenvalue weighted by atomic mass is 10.2. The van der Waals surface area contributed by atoms with Crippen LogP contribution in [0.2, 0.25) is 5.02 Å². The molecule has 7 heteroatoms.